The van der Waals surface area contributed by atoms with Crippen LogP contribution in [0.3, 0.4) is 0 Å². The van der Waals surface area contributed by atoms with Crippen molar-refractivity contribution in [3.05, 3.63) is 44.2 Å². The molecule has 0 saturated heterocycles. The van der Waals surface area contributed by atoms with Gasteiger partial charge in [0, 0.05) is 16.0 Å². The third kappa shape index (κ3) is 4.62. The lowest BCUT2D eigenvalue weighted by Gasteiger charge is -2.16. The first-order valence-electron chi connectivity index (χ1n) is 9.15. The largest absolute Gasteiger partial charge is 0.479 e. The molecule has 3 rings (SSSR count). The van der Waals surface area contributed by atoms with Gasteiger partial charge in [-0.1, -0.05) is 23.2 Å². The van der Waals surface area contributed by atoms with Crippen LogP contribution in [0.25, 0.3) is 0 Å². The molecule has 1 heterocycles. The second-order valence-electron chi connectivity index (χ2n) is 6.46. The van der Waals surface area contributed by atoms with Crippen molar-refractivity contribution in [2.45, 2.75) is 45.6 Å². The monoisotopic (exact) mass is 441 g/mol. The zero-order valence-electron chi connectivity index (χ0n) is 15.6. The van der Waals surface area contributed by atoms with Gasteiger partial charge in [-0.25, -0.2) is 4.79 Å². The molecule has 0 bridgehead atoms. The average molecular weight is 442 g/mol. The summed E-state index contributed by atoms with van der Waals surface area (Å²) in [7, 11) is 0. The molecule has 0 radical (unpaired) electrons. The summed E-state index contributed by atoms with van der Waals surface area (Å²) in [6, 6.07) is 4.81. The smallest absolute Gasteiger partial charge is 0.341 e. The topological polar surface area (TPSA) is 64.6 Å². The van der Waals surface area contributed by atoms with E-state index in [4.69, 9.17) is 32.7 Å². The highest BCUT2D eigenvalue weighted by molar-refractivity contribution is 7.17. The fourth-order valence-electron chi connectivity index (χ4n) is 3.10. The SMILES string of the molecule is CCOC(=O)c1c(NC(=O)[C@H](C)Oc2cc(Cl)ccc2Cl)sc2c1CCCC2. The summed E-state index contributed by atoms with van der Waals surface area (Å²) in [6.07, 6.45) is 3.00. The normalized spacial score (nSPS) is 14.1. The van der Waals surface area contributed by atoms with Crippen LogP contribution in [0.5, 0.6) is 5.75 Å². The van der Waals surface area contributed by atoms with E-state index in [1.54, 1.807) is 32.0 Å². The van der Waals surface area contributed by atoms with Gasteiger partial charge >= 0.3 is 5.97 Å². The van der Waals surface area contributed by atoms with Gasteiger partial charge in [0.15, 0.2) is 6.10 Å². The van der Waals surface area contributed by atoms with Crippen LogP contribution in [0.1, 0.15) is 47.5 Å². The van der Waals surface area contributed by atoms with E-state index in [9.17, 15) is 9.59 Å². The Labute approximate surface area is 177 Å². The lowest BCUT2D eigenvalue weighted by molar-refractivity contribution is -0.122. The van der Waals surface area contributed by atoms with Crippen LogP contribution < -0.4 is 10.1 Å². The van der Waals surface area contributed by atoms with Gasteiger partial charge in [-0.15, -0.1) is 11.3 Å². The van der Waals surface area contributed by atoms with E-state index in [1.165, 1.54) is 11.3 Å². The molecule has 1 N–H and O–H groups in total. The van der Waals surface area contributed by atoms with Gasteiger partial charge in [0.1, 0.15) is 10.8 Å². The Morgan fingerprint density at radius 1 is 1.25 bits per heavy atom. The molecule has 1 aromatic carbocycles. The van der Waals surface area contributed by atoms with Crippen molar-refractivity contribution in [1.82, 2.24) is 0 Å². The molecule has 0 spiro atoms. The van der Waals surface area contributed by atoms with Crippen LogP contribution in [0.2, 0.25) is 10.0 Å². The number of hydrogen-bond acceptors (Lipinski definition) is 5. The van der Waals surface area contributed by atoms with E-state index >= 15 is 0 Å². The van der Waals surface area contributed by atoms with E-state index < -0.39 is 12.1 Å². The van der Waals surface area contributed by atoms with Gasteiger partial charge in [-0.3, -0.25) is 4.79 Å². The van der Waals surface area contributed by atoms with Crippen molar-refractivity contribution in [2.75, 3.05) is 11.9 Å². The minimum absolute atomic E-state index is 0.281. The lowest BCUT2D eigenvalue weighted by atomic mass is 9.95. The molecular formula is C20H21Cl2NO4S. The number of halogens is 2. The predicted molar refractivity (Wildman–Crippen MR) is 112 cm³/mol. The lowest BCUT2D eigenvalue weighted by Crippen LogP contribution is -2.30. The second-order valence-corrected chi connectivity index (χ2v) is 8.41. The fraction of sp³-hybridized carbons (Fsp3) is 0.400. The standard InChI is InChI=1S/C20H21Cl2NO4S/c1-3-26-20(25)17-13-6-4-5-7-16(13)28-19(17)23-18(24)11(2)27-15-10-12(21)8-9-14(15)22/h8-11H,3-7H2,1-2H3,(H,23,24)/t11-/m0/s1. The van der Waals surface area contributed by atoms with Crippen LogP contribution in [-0.2, 0) is 22.4 Å². The molecule has 28 heavy (non-hydrogen) atoms. The minimum Gasteiger partial charge on any atom is -0.479 e. The first kappa shape index (κ1) is 21.0. The number of thiophene rings is 1. The number of rotatable bonds is 6. The number of ether oxygens (including phenoxy) is 2. The van der Waals surface area contributed by atoms with E-state index in [2.05, 4.69) is 5.32 Å². The second kappa shape index (κ2) is 9.16. The average Bonchev–Trinajstić information content (AvgIpc) is 3.02. The number of nitrogens with one attached hydrogen (secondary N) is 1. The number of fused-ring (bicyclic) bond motifs is 1. The molecule has 8 heteroatoms. The molecule has 0 saturated carbocycles. The number of benzene rings is 1. The van der Waals surface area contributed by atoms with Gasteiger partial charge in [0.2, 0.25) is 0 Å². The number of aryl methyl sites for hydroxylation is 1. The molecule has 1 atom stereocenters. The summed E-state index contributed by atoms with van der Waals surface area (Å²) < 4.78 is 10.9. The van der Waals surface area contributed by atoms with Gasteiger partial charge in [-0.05, 0) is 57.2 Å². The molecule has 150 valence electrons. The maximum absolute atomic E-state index is 12.7. The summed E-state index contributed by atoms with van der Waals surface area (Å²) in [6.45, 7) is 3.66. The first-order chi connectivity index (χ1) is 13.4. The zero-order valence-corrected chi connectivity index (χ0v) is 18.0. The van der Waals surface area contributed by atoms with Crippen molar-refractivity contribution < 1.29 is 19.1 Å². The molecule has 0 aliphatic heterocycles. The minimum atomic E-state index is -0.829. The molecule has 1 aliphatic carbocycles. The number of carbonyl (C=O) groups is 2. The van der Waals surface area contributed by atoms with Crippen molar-refractivity contribution in [2.24, 2.45) is 0 Å². The first-order valence-corrected chi connectivity index (χ1v) is 10.7. The van der Waals surface area contributed by atoms with E-state index in [-0.39, 0.29) is 12.5 Å². The maximum Gasteiger partial charge on any atom is 0.341 e. The number of amides is 1. The summed E-state index contributed by atoms with van der Waals surface area (Å²) in [5.74, 6) is -0.447. The van der Waals surface area contributed by atoms with E-state index in [0.717, 1.165) is 36.1 Å². The van der Waals surface area contributed by atoms with Crippen molar-refractivity contribution in [1.29, 1.82) is 0 Å². The Kier molecular flexibility index (Phi) is 6.86. The van der Waals surface area contributed by atoms with Gasteiger partial charge in [0.05, 0.1) is 17.2 Å². The molecule has 0 fully saturated rings. The van der Waals surface area contributed by atoms with Crippen molar-refractivity contribution in [3.63, 3.8) is 0 Å². The summed E-state index contributed by atoms with van der Waals surface area (Å²) in [5.41, 5.74) is 1.47. The van der Waals surface area contributed by atoms with Crippen LogP contribution in [0, 0.1) is 0 Å². The Hall–Kier alpha value is -1.76. The summed E-state index contributed by atoms with van der Waals surface area (Å²) in [5, 5.41) is 4.18. The van der Waals surface area contributed by atoms with Crippen LogP contribution >= 0.6 is 34.5 Å². The Morgan fingerprint density at radius 2 is 2.00 bits per heavy atom. The molecule has 1 aliphatic rings. The van der Waals surface area contributed by atoms with Gasteiger partial charge < -0.3 is 14.8 Å². The molecule has 1 amide bonds. The third-order valence-corrected chi connectivity index (χ3v) is 6.21. The van der Waals surface area contributed by atoms with Crippen LogP contribution in [-0.4, -0.2) is 24.6 Å². The zero-order chi connectivity index (χ0) is 20.3. The van der Waals surface area contributed by atoms with Crippen molar-refractivity contribution in [3.8, 4) is 5.75 Å². The molecular weight excluding hydrogens is 421 g/mol. The Morgan fingerprint density at radius 3 is 2.75 bits per heavy atom. The molecule has 2 aromatic rings. The van der Waals surface area contributed by atoms with E-state index in [0.29, 0.717) is 26.4 Å². The number of esters is 1. The Bertz CT molecular complexity index is 897. The number of carbonyl (C=O) groups excluding carboxylic acids is 2. The van der Waals surface area contributed by atoms with Crippen LogP contribution in [0.15, 0.2) is 18.2 Å². The highest BCUT2D eigenvalue weighted by Gasteiger charge is 2.28. The number of anilines is 1. The highest BCUT2D eigenvalue weighted by atomic mass is 35.5. The van der Waals surface area contributed by atoms with Crippen LogP contribution in [0.4, 0.5) is 5.00 Å². The maximum atomic E-state index is 12.7. The summed E-state index contributed by atoms with van der Waals surface area (Å²) >= 11 is 13.5. The highest BCUT2D eigenvalue weighted by Crippen LogP contribution is 2.39. The quantitative estimate of drug-likeness (QED) is 0.599. The molecule has 5 nitrogen and oxygen atoms in total. The Balaban J connectivity index is 1.80. The molecule has 1 aromatic heterocycles. The third-order valence-electron chi connectivity index (χ3n) is 4.45. The number of hydrogen-bond donors (Lipinski definition) is 1. The van der Waals surface area contributed by atoms with Gasteiger partial charge in [0.25, 0.3) is 5.91 Å². The van der Waals surface area contributed by atoms with Crippen molar-refractivity contribution >= 4 is 51.4 Å². The summed E-state index contributed by atoms with van der Waals surface area (Å²) in [4.78, 5) is 26.3. The fourth-order valence-corrected chi connectivity index (χ4v) is 4.70. The predicted octanol–water partition coefficient (Wildman–Crippen LogP) is 5.52. The molecule has 0 unspecified atom stereocenters. The van der Waals surface area contributed by atoms with Gasteiger partial charge in [-0.2, -0.15) is 0 Å². The van der Waals surface area contributed by atoms with E-state index in [1.807, 2.05) is 0 Å².